The Labute approximate surface area is 82.3 Å². The van der Waals surface area contributed by atoms with Gasteiger partial charge in [-0.2, -0.15) is 0 Å². The predicted octanol–water partition coefficient (Wildman–Crippen LogP) is 1.84. The molecule has 0 saturated carbocycles. The summed E-state index contributed by atoms with van der Waals surface area (Å²) in [6, 6.07) is -0.131. The Morgan fingerprint density at radius 1 is 1.46 bits per heavy atom. The molecule has 1 atom stereocenters. The van der Waals surface area contributed by atoms with E-state index in [9.17, 15) is 0 Å². The van der Waals surface area contributed by atoms with Crippen LogP contribution in [0.5, 0.6) is 0 Å². The van der Waals surface area contributed by atoms with Crippen LogP contribution in [0.15, 0.2) is 9.64 Å². The Bertz CT molecular complexity index is 262. The summed E-state index contributed by atoms with van der Waals surface area (Å²) < 4.78 is 5.31. The molecule has 1 aromatic heterocycles. The van der Waals surface area contributed by atoms with E-state index in [1.165, 1.54) is 11.8 Å². The highest BCUT2D eigenvalue weighted by Crippen LogP contribution is 2.20. The van der Waals surface area contributed by atoms with E-state index in [1.807, 2.05) is 6.26 Å². The number of hydrogen-bond acceptors (Lipinski definition) is 5. The first-order valence-electron chi connectivity index (χ1n) is 4.26. The van der Waals surface area contributed by atoms with Crippen molar-refractivity contribution in [1.82, 2.24) is 10.2 Å². The van der Waals surface area contributed by atoms with Gasteiger partial charge in [0.2, 0.25) is 5.89 Å². The van der Waals surface area contributed by atoms with Crippen LogP contribution in [0.1, 0.15) is 32.2 Å². The molecule has 0 aromatic carbocycles. The van der Waals surface area contributed by atoms with Crippen molar-refractivity contribution in [3.8, 4) is 0 Å². The van der Waals surface area contributed by atoms with Crippen LogP contribution in [-0.4, -0.2) is 16.5 Å². The third kappa shape index (κ3) is 3.00. The highest BCUT2D eigenvalue weighted by molar-refractivity contribution is 7.98. The summed E-state index contributed by atoms with van der Waals surface area (Å²) in [5.41, 5.74) is 5.86. The largest absolute Gasteiger partial charge is 0.414 e. The minimum atomic E-state index is -0.131. The van der Waals surface area contributed by atoms with Gasteiger partial charge >= 0.3 is 0 Å². The van der Waals surface area contributed by atoms with Gasteiger partial charge in [-0.25, -0.2) is 0 Å². The first kappa shape index (κ1) is 10.5. The Morgan fingerprint density at radius 3 is 2.62 bits per heavy atom. The lowest BCUT2D eigenvalue weighted by Gasteiger charge is -2.08. The lowest BCUT2D eigenvalue weighted by Crippen LogP contribution is -2.13. The summed E-state index contributed by atoms with van der Waals surface area (Å²) in [6.07, 6.45) is 2.77. The summed E-state index contributed by atoms with van der Waals surface area (Å²) in [5, 5.41) is 8.28. The number of hydrogen-bond donors (Lipinski definition) is 1. The number of nitrogens with two attached hydrogens (primary N) is 1. The van der Waals surface area contributed by atoms with Gasteiger partial charge < -0.3 is 10.2 Å². The minimum absolute atomic E-state index is 0.131. The molecule has 0 radical (unpaired) electrons. The first-order chi connectivity index (χ1) is 6.13. The van der Waals surface area contributed by atoms with E-state index in [0.29, 0.717) is 17.0 Å². The van der Waals surface area contributed by atoms with Crippen molar-refractivity contribution in [2.45, 2.75) is 31.5 Å². The molecule has 0 fully saturated rings. The van der Waals surface area contributed by atoms with Crippen molar-refractivity contribution < 1.29 is 4.42 Å². The summed E-state index contributed by atoms with van der Waals surface area (Å²) >= 11 is 1.43. The fraction of sp³-hybridized carbons (Fsp3) is 0.750. The normalized spacial score (nSPS) is 13.6. The van der Waals surface area contributed by atoms with E-state index >= 15 is 0 Å². The molecule has 13 heavy (non-hydrogen) atoms. The van der Waals surface area contributed by atoms with Gasteiger partial charge in [0, 0.05) is 0 Å². The number of thioether (sulfide) groups is 1. The van der Waals surface area contributed by atoms with E-state index in [1.54, 1.807) is 0 Å². The van der Waals surface area contributed by atoms with E-state index in [-0.39, 0.29) is 6.04 Å². The van der Waals surface area contributed by atoms with Gasteiger partial charge in [-0.05, 0) is 18.6 Å². The monoisotopic (exact) mass is 201 g/mol. The van der Waals surface area contributed by atoms with Crippen LogP contribution in [0.25, 0.3) is 0 Å². The molecule has 5 heteroatoms. The van der Waals surface area contributed by atoms with Crippen molar-refractivity contribution >= 4 is 11.8 Å². The maximum absolute atomic E-state index is 5.86. The van der Waals surface area contributed by atoms with E-state index < -0.39 is 0 Å². The molecule has 74 valence electrons. The third-order valence-electron chi connectivity index (χ3n) is 1.64. The molecule has 0 amide bonds. The Morgan fingerprint density at radius 2 is 2.15 bits per heavy atom. The van der Waals surface area contributed by atoms with Crippen molar-refractivity contribution in [2.75, 3.05) is 6.26 Å². The molecule has 4 nitrogen and oxygen atoms in total. The Balaban J connectivity index is 2.60. The second kappa shape index (κ2) is 4.62. The standard InChI is InChI=1S/C8H15N3OS/c1-5(2)4-6(9)7-10-11-8(12-7)13-3/h5-6H,4,9H2,1-3H3. The third-order valence-corrected chi connectivity index (χ3v) is 2.15. The molecule has 0 saturated heterocycles. The average Bonchev–Trinajstić information content (AvgIpc) is 2.50. The van der Waals surface area contributed by atoms with Crippen LogP contribution in [0, 0.1) is 5.92 Å². The second-order valence-corrected chi connectivity index (χ2v) is 4.10. The van der Waals surface area contributed by atoms with Gasteiger partial charge in [-0.1, -0.05) is 25.6 Å². The molecule has 1 aromatic rings. The topological polar surface area (TPSA) is 64.9 Å². The molecule has 0 spiro atoms. The molecule has 0 bridgehead atoms. The maximum atomic E-state index is 5.86. The van der Waals surface area contributed by atoms with E-state index in [4.69, 9.17) is 10.2 Å². The van der Waals surface area contributed by atoms with Crippen LogP contribution in [0.4, 0.5) is 0 Å². The smallest absolute Gasteiger partial charge is 0.276 e. The minimum Gasteiger partial charge on any atom is -0.414 e. The van der Waals surface area contributed by atoms with Crippen LogP contribution < -0.4 is 5.73 Å². The molecule has 1 rings (SSSR count). The predicted molar refractivity (Wildman–Crippen MR) is 52.5 cm³/mol. The van der Waals surface area contributed by atoms with Crippen molar-refractivity contribution in [3.05, 3.63) is 5.89 Å². The fourth-order valence-corrected chi connectivity index (χ4v) is 1.35. The van der Waals surface area contributed by atoms with Gasteiger partial charge in [-0.15, -0.1) is 10.2 Å². The quantitative estimate of drug-likeness (QED) is 0.753. The van der Waals surface area contributed by atoms with Gasteiger partial charge in [0.1, 0.15) is 0 Å². The Hall–Kier alpha value is -0.550. The number of aromatic nitrogens is 2. The lowest BCUT2D eigenvalue weighted by molar-refractivity contribution is 0.361. The van der Waals surface area contributed by atoms with E-state index in [2.05, 4.69) is 24.0 Å². The van der Waals surface area contributed by atoms with Crippen LogP contribution in [-0.2, 0) is 0 Å². The fourth-order valence-electron chi connectivity index (χ4n) is 1.06. The zero-order valence-electron chi connectivity index (χ0n) is 8.15. The zero-order chi connectivity index (χ0) is 9.84. The van der Waals surface area contributed by atoms with Gasteiger partial charge in [0.25, 0.3) is 5.22 Å². The second-order valence-electron chi connectivity index (χ2n) is 3.35. The van der Waals surface area contributed by atoms with Crippen molar-refractivity contribution in [2.24, 2.45) is 11.7 Å². The summed E-state index contributed by atoms with van der Waals surface area (Å²) in [7, 11) is 0. The Kier molecular flexibility index (Phi) is 3.74. The van der Waals surface area contributed by atoms with Gasteiger partial charge in [0.05, 0.1) is 6.04 Å². The van der Waals surface area contributed by atoms with E-state index in [0.717, 1.165) is 6.42 Å². The molecule has 1 heterocycles. The molecule has 0 aliphatic carbocycles. The maximum Gasteiger partial charge on any atom is 0.276 e. The van der Waals surface area contributed by atoms with Crippen molar-refractivity contribution in [3.63, 3.8) is 0 Å². The molecule has 2 N–H and O–H groups in total. The summed E-state index contributed by atoms with van der Waals surface area (Å²) in [4.78, 5) is 0. The molecule has 1 unspecified atom stereocenters. The van der Waals surface area contributed by atoms with Crippen LogP contribution in [0.3, 0.4) is 0 Å². The lowest BCUT2D eigenvalue weighted by atomic mass is 10.1. The van der Waals surface area contributed by atoms with Crippen LogP contribution in [0.2, 0.25) is 0 Å². The molecular weight excluding hydrogens is 186 g/mol. The molecule has 0 aliphatic rings. The van der Waals surface area contributed by atoms with Gasteiger partial charge in [-0.3, -0.25) is 0 Å². The average molecular weight is 201 g/mol. The van der Waals surface area contributed by atoms with Crippen LogP contribution >= 0.6 is 11.8 Å². The summed E-state index contributed by atoms with van der Waals surface area (Å²) in [5.74, 6) is 1.08. The zero-order valence-corrected chi connectivity index (χ0v) is 8.97. The molecular formula is C8H15N3OS. The van der Waals surface area contributed by atoms with Gasteiger partial charge in [0.15, 0.2) is 0 Å². The number of nitrogens with zero attached hydrogens (tertiary/aromatic N) is 2. The summed E-state index contributed by atoms with van der Waals surface area (Å²) in [6.45, 7) is 4.23. The highest BCUT2D eigenvalue weighted by atomic mass is 32.2. The molecule has 0 aliphatic heterocycles. The highest BCUT2D eigenvalue weighted by Gasteiger charge is 2.15. The number of rotatable bonds is 4. The van der Waals surface area contributed by atoms with Crippen molar-refractivity contribution in [1.29, 1.82) is 0 Å². The first-order valence-corrected chi connectivity index (χ1v) is 5.49. The SMILES string of the molecule is CSc1nnc(C(N)CC(C)C)o1.